The van der Waals surface area contributed by atoms with E-state index in [1.807, 2.05) is 6.92 Å². The van der Waals surface area contributed by atoms with Crippen molar-refractivity contribution in [2.24, 2.45) is 0 Å². The highest BCUT2D eigenvalue weighted by Gasteiger charge is 2.36. The topological polar surface area (TPSA) is 62.3 Å². The van der Waals surface area contributed by atoms with Crippen LogP contribution in [0.4, 0.5) is 5.69 Å². The highest BCUT2D eigenvalue weighted by molar-refractivity contribution is 7.89. The molecule has 2 rings (SSSR count). The van der Waals surface area contributed by atoms with E-state index < -0.39 is 10.0 Å². The van der Waals surface area contributed by atoms with E-state index in [-0.39, 0.29) is 10.9 Å². The summed E-state index contributed by atoms with van der Waals surface area (Å²) in [6.45, 7) is 2.79. The Bertz CT molecular complexity index is 512. The quantitative estimate of drug-likeness (QED) is 0.853. The molecule has 0 unspecified atom stereocenters. The fraction of sp³-hybridized carbons (Fsp3) is 0.583. The van der Waals surface area contributed by atoms with Crippen LogP contribution in [0.3, 0.4) is 0 Å². The van der Waals surface area contributed by atoms with Gasteiger partial charge in [0, 0.05) is 32.0 Å². The number of aromatic nitrogens is 1. The van der Waals surface area contributed by atoms with Gasteiger partial charge in [-0.1, -0.05) is 6.92 Å². The lowest BCUT2D eigenvalue weighted by molar-refractivity contribution is 0.464. The van der Waals surface area contributed by atoms with Gasteiger partial charge in [-0.05, 0) is 25.3 Å². The molecular weight excluding hydrogens is 250 g/mol. The number of pyridine rings is 1. The SMILES string of the molecule is CCCNc1ccncc1S(=O)(=O)N(C)C1CC1. The van der Waals surface area contributed by atoms with E-state index in [0.29, 0.717) is 5.69 Å². The van der Waals surface area contributed by atoms with E-state index in [0.717, 1.165) is 25.8 Å². The van der Waals surface area contributed by atoms with E-state index in [1.165, 1.54) is 10.5 Å². The average molecular weight is 269 g/mol. The first kappa shape index (κ1) is 13.3. The third kappa shape index (κ3) is 2.64. The summed E-state index contributed by atoms with van der Waals surface area (Å²) < 4.78 is 26.3. The summed E-state index contributed by atoms with van der Waals surface area (Å²) in [4.78, 5) is 4.21. The monoisotopic (exact) mass is 269 g/mol. The molecule has 0 bridgehead atoms. The Morgan fingerprint density at radius 1 is 1.50 bits per heavy atom. The average Bonchev–Trinajstić information content (AvgIpc) is 3.20. The summed E-state index contributed by atoms with van der Waals surface area (Å²) in [7, 11) is -1.79. The van der Waals surface area contributed by atoms with Gasteiger partial charge < -0.3 is 5.32 Å². The number of rotatable bonds is 6. The van der Waals surface area contributed by atoms with Crippen LogP contribution in [0.15, 0.2) is 23.4 Å². The van der Waals surface area contributed by atoms with Crippen LogP contribution in [0.25, 0.3) is 0 Å². The largest absolute Gasteiger partial charge is 0.384 e. The zero-order chi connectivity index (χ0) is 13.2. The van der Waals surface area contributed by atoms with Crippen LogP contribution in [-0.4, -0.2) is 37.3 Å². The highest BCUT2D eigenvalue weighted by atomic mass is 32.2. The molecular formula is C12H19N3O2S. The molecule has 1 aliphatic rings. The normalized spacial score (nSPS) is 15.9. The molecule has 1 aromatic heterocycles. The minimum Gasteiger partial charge on any atom is -0.384 e. The van der Waals surface area contributed by atoms with Crippen LogP contribution < -0.4 is 5.32 Å². The minimum absolute atomic E-state index is 0.161. The number of nitrogens with zero attached hydrogens (tertiary/aromatic N) is 2. The lowest BCUT2D eigenvalue weighted by atomic mass is 10.4. The molecule has 1 heterocycles. The molecule has 0 spiro atoms. The van der Waals surface area contributed by atoms with Crippen molar-refractivity contribution >= 4 is 15.7 Å². The summed E-state index contributed by atoms with van der Waals surface area (Å²) in [6.07, 6.45) is 5.88. The predicted octanol–water partition coefficient (Wildman–Crippen LogP) is 1.69. The summed E-state index contributed by atoms with van der Waals surface area (Å²) in [5, 5.41) is 3.14. The third-order valence-electron chi connectivity index (χ3n) is 3.07. The first-order chi connectivity index (χ1) is 8.57. The van der Waals surface area contributed by atoms with E-state index in [4.69, 9.17) is 0 Å². The third-order valence-corrected chi connectivity index (χ3v) is 5.01. The molecule has 0 saturated heterocycles. The first-order valence-corrected chi connectivity index (χ1v) is 7.67. The van der Waals surface area contributed by atoms with E-state index >= 15 is 0 Å². The molecule has 18 heavy (non-hydrogen) atoms. The molecule has 5 nitrogen and oxygen atoms in total. The standard InChI is InChI=1S/C12H19N3O2S/c1-3-7-14-11-6-8-13-9-12(11)18(16,17)15(2)10-4-5-10/h6,8-10H,3-5,7H2,1-2H3,(H,13,14). The van der Waals surface area contributed by atoms with E-state index in [9.17, 15) is 8.42 Å². The van der Waals surface area contributed by atoms with Gasteiger partial charge in [-0.2, -0.15) is 4.31 Å². The Kier molecular flexibility index (Phi) is 3.87. The number of anilines is 1. The molecule has 0 radical (unpaired) electrons. The smallest absolute Gasteiger partial charge is 0.246 e. The van der Waals surface area contributed by atoms with Crippen molar-refractivity contribution in [2.75, 3.05) is 18.9 Å². The highest BCUT2D eigenvalue weighted by Crippen LogP contribution is 2.32. The van der Waals surface area contributed by atoms with Crippen molar-refractivity contribution in [1.82, 2.24) is 9.29 Å². The second kappa shape index (κ2) is 5.24. The van der Waals surface area contributed by atoms with Crippen LogP contribution in [0.5, 0.6) is 0 Å². The van der Waals surface area contributed by atoms with Crippen LogP contribution in [0, 0.1) is 0 Å². The first-order valence-electron chi connectivity index (χ1n) is 6.23. The predicted molar refractivity (Wildman–Crippen MR) is 71.0 cm³/mol. The Balaban J connectivity index is 2.31. The Morgan fingerprint density at radius 3 is 2.83 bits per heavy atom. The summed E-state index contributed by atoms with van der Waals surface area (Å²) in [6, 6.07) is 1.87. The van der Waals surface area contributed by atoms with Gasteiger partial charge in [0.2, 0.25) is 10.0 Å². The molecule has 0 amide bonds. The molecule has 1 aromatic rings. The van der Waals surface area contributed by atoms with Gasteiger partial charge in [0.25, 0.3) is 0 Å². The molecule has 100 valence electrons. The molecule has 6 heteroatoms. The summed E-state index contributed by atoms with van der Waals surface area (Å²) in [5.74, 6) is 0. The number of hydrogen-bond acceptors (Lipinski definition) is 4. The maximum atomic E-state index is 12.4. The van der Waals surface area contributed by atoms with E-state index in [2.05, 4.69) is 10.3 Å². The fourth-order valence-electron chi connectivity index (χ4n) is 1.78. The Hall–Kier alpha value is -1.14. The van der Waals surface area contributed by atoms with Crippen molar-refractivity contribution < 1.29 is 8.42 Å². The van der Waals surface area contributed by atoms with Crippen molar-refractivity contribution in [3.8, 4) is 0 Å². The zero-order valence-corrected chi connectivity index (χ0v) is 11.6. The van der Waals surface area contributed by atoms with Gasteiger partial charge in [0.05, 0.1) is 5.69 Å². The Morgan fingerprint density at radius 2 is 2.22 bits per heavy atom. The number of nitrogens with one attached hydrogen (secondary N) is 1. The number of sulfonamides is 1. The fourth-order valence-corrected chi connectivity index (χ4v) is 3.31. The van der Waals surface area contributed by atoms with Crippen LogP contribution in [0.2, 0.25) is 0 Å². The molecule has 1 aliphatic carbocycles. The molecule has 0 atom stereocenters. The minimum atomic E-state index is -3.43. The molecule has 0 aromatic carbocycles. The lowest BCUT2D eigenvalue weighted by Crippen LogP contribution is -2.29. The van der Waals surface area contributed by atoms with E-state index in [1.54, 1.807) is 19.3 Å². The Labute approximate surface area is 108 Å². The summed E-state index contributed by atoms with van der Waals surface area (Å²) >= 11 is 0. The molecule has 0 aliphatic heterocycles. The van der Waals surface area contributed by atoms with Gasteiger partial charge in [-0.3, -0.25) is 4.98 Å². The van der Waals surface area contributed by atoms with Crippen molar-refractivity contribution in [3.05, 3.63) is 18.5 Å². The molecule has 1 saturated carbocycles. The molecule has 1 fully saturated rings. The van der Waals surface area contributed by atoms with Gasteiger partial charge >= 0.3 is 0 Å². The van der Waals surface area contributed by atoms with Crippen molar-refractivity contribution in [1.29, 1.82) is 0 Å². The number of hydrogen-bond donors (Lipinski definition) is 1. The van der Waals surface area contributed by atoms with Crippen LogP contribution in [-0.2, 0) is 10.0 Å². The maximum absolute atomic E-state index is 12.4. The van der Waals surface area contributed by atoms with Crippen LogP contribution in [0.1, 0.15) is 26.2 Å². The zero-order valence-electron chi connectivity index (χ0n) is 10.8. The van der Waals surface area contributed by atoms with Gasteiger partial charge in [0.15, 0.2) is 0 Å². The van der Waals surface area contributed by atoms with Gasteiger partial charge in [0.1, 0.15) is 4.90 Å². The maximum Gasteiger partial charge on any atom is 0.246 e. The second-order valence-electron chi connectivity index (χ2n) is 4.55. The van der Waals surface area contributed by atoms with Crippen molar-refractivity contribution in [3.63, 3.8) is 0 Å². The van der Waals surface area contributed by atoms with Crippen LogP contribution >= 0.6 is 0 Å². The van der Waals surface area contributed by atoms with Gasteiger partial charge in [-0.15, -0.1) is 0 Å². The van der Waals surface area contributed by atoms with Gasteiger partial charge in [-0.25, -0.2) is 8.42 Å². The summed E-state index contributed by atoms with van der Waals surface area (Å²) in [5.41, 5.74) is 0.638. The second-order valence-corrected chi connectivity index (χ2v) is 6.52. The lowest BCUT2D eigenvalue weighted by Gasteiger charge is -2.18. The molecule has 1 N–H and O–H groups in total. The van der Waals surface area contributed by atoms with Crippen molar-refractivity contribution in [2.45, 2.75) is 37.1 Å².